The molecule has 0 fully saturated rings. The molecule has 0 bridgehead atoms. The summed E-state index contributed by atoms with van der Waals surface area (Å²) in [6, 6.07) is 0. The van der Waals surface area contributed by atoms with E-state index in [1.54, 1.807) is 15.9 Å². The Kier molecular flexibility index (Phi) is 3.79. The van der Waals surface area contributed by atoms with Crippen molar-refractivity contribution in [3.63, 3.8) is 0 Å². The van der Waals surface area contributed by atoms with Crippen molar-refractivity contribution in [2.45, 2.75) is 32.2 Å². The van der Waals surface area contributed by atoms with Crippen LogP contribution in [-0.2, 0) is 19.4 Å². The van der Waals surface area contributed by atoms with Gasteiger partial charge < -0.3 is 9.88 Å². The molecule has 2 aromatic heterocycles. The minimum atomic E-state index is 0.0880. The van der Waals surface area contributed by atoms with Gasteiger partial charge in [-0.2, -0.15) is 0 Å². The van der Waals surface area contributed by atoms with Crippen LogP contribution in [-0.4, -0.2) is 35.1 Å². The number of rotatable bonds is 3. The van der Waals surface area contributed by atoms with Gasteiger partial charge in [-0.05, 0) is 57.6 Å². The van der Waals surface area contributed by atoms with Crippen LogP contribution >= 0.6 is 23.6 Å². The topological polar surface area (TPSA) is 41.0 Å². The highest BCUT2D eigenvalue weighted by Gasteiger charge is 2.20. The third kappa shape index (κ3) is 2.36. The van der Waals surface area contributed by atoms with E-state index in [2.05, 4.69) is 9.88 Å². The fraction of sp³-hybridized carbons (Fsp3) is 0.571. The van der Waals surface area contributed by atoms with Crippen molar-refractivity contribution >= 4 is 33.8 Å². The Bertz CT molecular complexity index is 754. The smallest absolute Gasteiger partial charge is 0.263 e. The molecule has 0 amide bonds. The van der Waals surface area contributed by atoms with Gasteiger partial charge in [-0.15, -0.1) is 11.3 Å². The number of nitrogens with zero attached hydrogens (tertiary/aromatic N) is 2. The van der Waals surface area contributed by atoms with Crippen LogP contribution in [0.5, 0.6) is 0 Å². The predicted molar refractivity (Wildman–Crippen MR) is 86.5 cm³/mol. The summed E-state index contributed by atoms with van der Waals surface area (Å²) in [7, 11) is 4.01. The molecule has 2 aromatic rings. The molecule has 4 nitrogen and oxygen atoms in total. The van der Waals surface area contributed by atoms with E-state index >= 15 is 0 Å². The Morgan fingerprint density at radius 3 is 2.85 bits per heavy atom. The number of hydrogen-bond acceptors (Lipinski definition) is 4. The van der Waals surface area contributed by atoms with Crippen molar-refractivity contribution in [1.82, 2.24) is 14.5 Å². The van der Waals surface area contributed by atoms with E-state index in [0.29, 0.717) is 11.3 Å². The number of aromatic nitrogens is 2. The number of aryl methyl sites for hydroxylation is 2. The van der Waals surface area contributed by atoms with Gasteiger partial charge in [0.2, 0.25) is 0 Å². The molecule has 0 atom stereocenters. The molecule has 0 aromatic carbocycles. The van der Waals surface area contributed by atoms with Gasteiger partial charge in [0.1, 0.15) is 4.83 Å². The van der Waals surface area contributed by atoms with Crippen molar-refractivity contribution in [1.29, 1.82) is 0 Å². The zero-order chi connectivity index (χ0) is 14.3. The quantitative estimate of drug-likeness (QED) is 0.886. The van der Waals surface area contributed by atoms with Crippen LogP contribution in [0.3, 0.4) is 0 Å². The number of nitrogens with one attached hydrogen (secondary N) is 1. The largest absolute Gasteiger partial charge is 0.323 e. The van der Waals surface area contributed by atoms with E-state index in [0.717, 1.165) is 29.6 Å². The zero-order valence-corrected chi connectivity index (χ0v) is 13.5. The van der Waals surface area contributed by atoms with E-state index in [4.69, 9.17) is 12.2 Å². The zero-order valence-electron chi connectivity index (χ0n) is 11.9. The van der Waals surface area contributed by atoms with Gasteiger partial charge >= 0.3 is 0 Å². The van der Waals surface area contributed by atoms with E-state index in [1.807, 2.05) is 14.1 Å². The molecule has 0 spiro atoms. The van der Waals surface area contributed by atoms with E-state index < -0.39 is 0 Å². The summed E-state index contributed by atoms with van der Waals surface area (Å²) in [5.74, 6) is 0. The highest BCUT2D eigenvalue weighted by atomic mass is 32.1. The molecule has 1 aliphatic rings. The number of thiophene rings is 1. The Balaban J connectivity index is 2.17. The summed E-state index contributed by atoms with van der Waals surface area (Å²) in [6.07, 6.45) is 4.55. The van der Waals surface area contributed by atoms with Crippen LogP contribution in [0.4, 0.5) is 0 Å². The minimum Gasteiger partial charge on any atom is -0.323 e. The average molecular weight is 309 g/mol. The number of fused-ring (bicyclic) bond motifs is 3. The SMILES string of the molecule is CN(C)CCn1c(=S)[nH]c2sc3c(c2c1=O)CCCC3. The molecule has 2 heterocycles. The second kappa shape index (κ2) is 5.42. The van der Waals surface area contributed by atoms with Crippen LogP contribution in [0, 0.1) is 4.77 Å². The monoisotopic (exact) mass is 309 g/mol. The van der Waals surface area contributed by atoms with Gasteiger partial charge in [0.05, 0.1) is 5.39 Å². The first-order valence-corrected chi connectivity index (χ1v) is 8.22. The first kappa shape index (κ1) is 14.0. The van der Waals surface area contributed by atoms with Crippen molar-refractivity contribution in [2.75, 3.05) is 20.6 Å². The molecule has 0 radical (unpaired) electrons. The lowest BCUT2D eigenvalue weighted by Gasteiger charge is -2.12. The Morgan fingerprint density at radius 2 is 2.10 bits per heavy atom. The van der Waals surface area contributed by atoms with Crippen LogP contribution < -0.4 is 5.56 Å². The first-order chi connectivity index (χ1) is 9.58. The molecular weight excluding hydrogens is 290 g/mol. The van der Waals surface area contributed by atoms with Crippen molar-refractivity contribution < 1.29 is 0 Å². The molecule has 6 heteroatoms. The Labute approximate surface area is 127 Å². The molecule has 1 aliphatic carbocycles. The third-order valence-electron chi connectivity index (χ3n) is 3.87. The van der Waals surface area contributed by atoms with Crippen LogP contribution in [0.25, 0.3) is 10.2 Å². The normalized spacial score (nSPS) is 14.9. The average Bonchev–Trinajstić information content (AvgIpc) is 2.75. The van der Waals surface area contributed by atoms with E-state index in [9.17, 15) is 4.79 Å². The van der Waals surface area contributed by atoms with Crippen LogP contribution in [0.1, 0.15) is 23.3 Å². The highest BCUT2D eigenvalue weighted by molar-refractivity contribution is 7.71. The van der Waals surface area contributed by atoms with Crippen LogP contribution in [0.15, 0.2) is 4.79 Å². The lowest BCUT2D eigenvalue weighted by atomic mass is 9.97. The summed E-state index contributed by atoms with van der Waals surface area (Å²) in [5.41, 5.74) is 1.36. The summed E-state index contributed by atoms with van der Waals surface area (Å²) >= 11 is 7.07. The molecule has 108 valence electrons. The van der Waals surface area contributed by atoms with Gasteiger partial charge in [0, 0.05) is 18.0 Å². The predicted octanol–water partition coefficient (Wildman–Crippen LogP) is 2.56. The Morgan fingerprint density at radius 1 is 1.35 bits per heavy atom. The summed E-state index contributed by atoms with van der Waals surface area (Å²) in [5, 5.41) is 0.886. The standard InChI is InChI=1S/C14H19N3OS2/c1-16(2)7-8-17-13(18)11-9-5-3-4-6-10(9)20-12(11)15-14(17)19/h3-8H2,1-2H3,(H,15,19). The van der Waals surface area contributed by atoms with Crippen LogP contribution in [0.2, 0.25) is 0 Å². The summed E-state index contributed by atoms with van der Waals surface area (Å²) in [6.45, 7) is 1.46. The van der Waals surface area contributed by atoms with Gasteiger partial charge in [0.25, 0.3) is 5.56 Å². The fourth-order valence-corrected chi connectivity index (χ4v) is 4.40. The second-order valence-corrected chi connectivity index (χ2v) is 7.10. The summed E-state index contributed by atoms with van der Waals surface area (Å²) < 4.78 is 2.25. The maximum absolute atomic E-state index is 12.8. The van der Waals surface area contributed by atoms with Gasteiger partial charge in [-0.1, -0.05) is 0 Å². The lowest BCUT2D eigenvalue weighted by molar-refractivity contribution is 0.379. The number of aromatic amines is 1. The molecule has 0 saturated heterocycles. The molecular formula is C14H19N3OS2. The van der Waals surface area contributed by atoms with E-state index in [1.165, 1.54) is 23.3 Å². The third-order valence-corrected chi connectivity index (χ3v) is 5.40. The first-order valence-electron chi connectivity index (χ1n) is 7.00. The van der Waals surface area contributed by atoms with Crippen molar-refractivity contribution in [2.24, 2.45) is 0 Å². The minimum absolute atomic E-state index is 0.0880. The molecule has 0 aliphatic heterocycles. The molecule has 0 unspecified atom stereocenters. The molecule has 3 rings (SSSR count). The number of likely N-dealkylation sites (N-methyl/N-ethyl adjacent to an activating group) is 1. The Hall–Kier alpha value is -0.980. The second-order valence-electron chi connectivity index (χ2n) is 5.61. The number of hydrogen-bond donors (Lipinski definition) is 1. The van der Waals surface area contributed by atoms with Crippen molar-refractivity contribution in [3.8, 4) is 0 Å². The highest BCUT2D eigenvalue weighted by Crippen LogP contribution is 2.33. The number of H-pyrrole nitrogens is 1. The maximum atomic E-state index is 12.8. The molecule has 0 saturated carbocycles. The maximum Gasteiger partial charge on any atom is 0.263 e. The molecule has 1 N–H and O–H groups in total. The molecule has 20 heavy (non-hydrogen) atoms. The fourth-order valence-electron chi connectivity index (χ4n) is 2.78. The van der Waals surface area contributed by atoms with Gasteiger partial charge in [0.15, 0.2) is 4.77 Å². The van der Waals surface area contributed by atoms with Crippen molar-refractivity contribution in [3.05, 3.63) is 25.6 Å². The van der Waals surface area contributed by atoms with E-state index in [-0.39, 0.29) is 5.56 Å². The van der Waals surface area contributed by atoms with Gasteiger partial charge in [-0.3, -0.25) is 9.36 Å². The van der Waals surface area contributed by atoms with Gasteiger partial charge in [-0.25, -0.2) is 0 Å². The summed E-state index contributed by atoms with van der Waals surface area (Å²) in [4.78, 5) is 20.4. The lowest BCUT2D eigenvalue weighted by Crippen LogP contribution is -2.28.